The minimum absolute atomic E-state index is 0.00207. The molecular weight excluding hydrogens is 366 g/mol. The number of hydrogen-bond donors (Lipinski definition) is 0. The first kappa shape index (κ1) is 21.4. The predicted molar refractivity (Wildman–Crippen MR) is 112 cm³/mol. The molecule has 28 heavy (non-hydrogen) atoms. The molecule has 1 heterocycles. The van der Waals surface area contributed by atoms with Crippen molar-refractivity contribution in [1.29, 1.82) is 0 Å². The Bertz CT molecular complexity index is 832. The maximum Gasteiger partial charge on any atom is 0.373 e. The van der Waals surface area contributed by atoms with Gasteiger partial charge < -0.3 is 4.43 Å². The maximum atomic E-state index is 8.12. The van der Waals surface area contributed by atoms with Crippen molar-refractivity contribution in [3.8, 4) is 0 Å². The summed E-state index contributed by atoms with van der Waals surface area (Å²) in [6, 6.07) is 25.5. The Morgan fingerprint density at radius 2 is 1.36 bits per heavy atom. The number of nitrogens with zero attached hydrogens (tertiary/aromatic N) is 1. The highest BCUT2D eigenvalue weighted by molar-refractivity contribution is 6.99. The van der Waals surface area contributed by atoms with Gasteiger partial charge in [0.25, 0.3) is 8.32 Å². The number of aromatic nitrogens is 1. The second-order valence-electron chi connectivity index (χ2n) is 7.40. The molecule has 2 aromatic carbocycles. The molecule has 144 valence electrons. The molecule has 0 aliphatic rings. The van der Waals surface area contributed by atoms with Gasteiger partial charge in [0.05, 0.1) is 6.61 Å². The lowest BCUT2D eigenvalue weighted by atomic mass is 10.2. The molecule has 3 aromatic rings. The molecule has 0 spiro atoms. The minimum atomic E-state index is -2.46. The van der Waals surface area contributed by atoms with Gasteiger partial charge in [-0.25, -0.2) is 0 Å². The van der Waals surface area contributed by atoms with Crippen LogP contribution in [0.15, 0.2) is 85.2 Å². The Kier molecular flexibility index (Phi) is 7.58. The first-order chi connectivity index (χ1) is 13.5. The zero-order chi connectivity index (χ0) is 20.5. The topological polar surface area (TPSA) is 56.3 Å². The Labute approximate surface area is 167 Å². The van der Waals surface area contributed by atoms with Crippen molar-refractivity contribution < 1.29 is 14.0 Å². The van der Waals surface area contributed by atoms with Crippen LogP contribution in [-0.2, 0) is 20.6 Å². The van der Waals surface area contributed by atoms with E-state index in [9.17, 15) is 0 Å². The number of benzene rings is 2. The van der Waals surface area contributed by atoms with E-state index in [0.717, 1.165) is 5.56 Å². The number of rotatable bonds is 5. The summed E-state index contributed by atoms with van der Waals surface area (Å²) in [4.78, 5) is 20.5. The monoisotopic (exact) mass is 391 g/mol. The summed E-state index contributed by atoms with van der Waals surface area (Å²) >= 11 is 0. The van der Waals surface area contributed by atoms with Crippen LogP contribution >= 0.6 is 0 Å². The molecule has 4 nitrogen and oxygen atoms in total. The molecule has 0 fully saturated rings. The highest BCUT2D eigenvalue weighted by Gasteiger charge is 2.50. The van der Waals surface area contributed by atoms with Crippen molar-refractivity contribution in [3.63, 3.8) is 0 Å². The summed E-state index contributed by atoms with van der Waals surface area (Å²) in [7, 11) is -2.46. The van der Waals surface area contributed by atoms with Crippen LogP contribution in [0, 0.1) is 0 Å². The Morgan fingerprint density at radius 3 is 1.75 bits per heavy atom. The molecule has 0 aliphatic carbocycles. The quantitative estimate of drug-likeness (QED) is 0.624. The van der Waals surface area contributed by atoms with Crippen molar-refractivity contribution in [2.24, 2.45) is 0 Å². The van der Waals surface area contributed by atoms with E-state index in [1.807, 2.05) is 12.3 Å². The third kappa shape index (κ3) is 4.90. The van der Waals surface area contributed by atoms with E-state index in [1.165, 1.54) is 10.4 Å². The van der Waals surface area contributed by atoms with Gasteiger partial charge >= 0.3 is 6.15 Å². The molecule has 0 amide bonds. The lowest BCUT2D eigenvalue weighted by Crippen LogP contribution is -2.66. The lowest BCUT2D eigenvalue weighted by Gasteiger charge is -2.43. The summed E-state index contributed by atoms with van der Waals surface area (Å²) in [6.45, 7) is 7.45. The average Bonchev–Trinajstić information content (AvgIpc) is 2.70. The molecule has 1 aromatic heterocycles. The van der Waals surface area contributed by atoms with Crippen LogP contribution in [0.2, 0.25) is 5.04 Å². The van der Waals surface area contributed by atoms with Crippen molar-refractivity contribution >= 4 is 24.8 Å². The van der Waals surface area contributed by atoms with E-state index in [0.29, 0.717) is 6.61 Å². The molecule has 0 radical (unpaired) electrons. The smallest absolute Gasteiger partial charge is 0.373 e. The third-order valence-corrected chi connectivity index (χ3v) is 9.58. The fraction of sp³-hybridized carbons (Fsp3) is 0.217. The fourth-order valence-corrected chi connectivity index (χ4v) is 7.98. The van der Waals surface area contributed by atoms with E-state index in [2.05, 4.69) is 92.5 Å². The molecule has 0 atom stereocenters. The van der Waals surface area contributed by atoms with Crippen LogP contribution in [-0.4, -0.2) is 19.5 Å². The Hall–Kier alpha value is -2.85. The van der Waals surface area contributed by atoms with Crippen molar-refractivity contribution in [1.82, 2.24) is 4.98 Å². The molecule has 0 saturated heterocycles. The van der Waals surface area contributed by atoms with Gasteiger partial charge in [-0.2, -0.15) is 9.59 Å². The van der Waals surface area contributed by atoms with E-state index >= 15 is 0 Å². The summed E-state index contributed by atoms with van der Waals surface area (Å²) in [5.74, 6) is 0. The van der Waals surface area contributed by atoms with Crippen LogP contribution in [0.25, 0.3) is 0 Å². The largest absolute Gasteiger partial charge is 0.403 e. The van der Waals surface area contributed by atoms with E-state index in [-0.39, 0.29) is 11.2 Å². The van der Waals surface area contributed by atoms with Crippen LogP contribution in [0.3, 0.4) is 0 Å². The third-order valence-electron chi connectivity index (χ3n) is 4.59. The SMILES string of the molecule is CC(C)(C)[Si](OCc1cccnc1)(c1ccccc1)c1ccccc1.O=C=O. The number of carbonyl (C=O) groups excluding carboxylic acids is 2. The van der Waals surface area contributed by atoms with Gasteiger partial charge in [0, 0.05) is 12.4 Å². The maximum absolute atomic E-state index is 8.12. The minimum Gasteiger partial charge on any atom is -0.403 e. The summed E-state index contributed by atoms with van der Waals surface area (Å²) in [5.41, 5.74) is 1.11. The second kappa shape index (κ2) is 9.90. The number of hydrogen-bond acceptors (Lipinski definition) is 4. The van der Waals surface area contributed by atoms with Gasteiger partial charge in [-0.1, -0.05) is 87.5 Å². The molecule has 0 aliphatic heterocycles. The van der Waals surface area contributed by atoms with Gasteiger partial charge in [-0.15, -0.1) is 0 Å². The van der Waals surface area contributed by atoms with Gasteiger partial charge in [0.2, 0.25) is 0 Å². The summed E-state index contributed by atoms with van der Waals surface area (Å²) in [5, 5.41) is 2.60. The molecule has 5 heteroatoms. The lowest BCUT2D eigenvalue weighted by molar-refractivity contribution is -0.191. The van der Waals surface area contributed by atoms with Gasteiger partial charge in [-0.05, 0) is 27.0 Å². The van der Waals surface area contributed by atoms with E-state index < -0.39 is 8.32 Å². The van der Waals surface area contributed by atoms with Crippen molar-refractivity contribution in [3.05, 3.63) is 90.8 Å². The highest BCUT2D eigenvalue weighted by atomic mass is 28.4. The molecule has 0 unspecified atom stereocenters. The summed E-state index contributed by atoms with van der Waals surface area (Å²) in [6.07, 6.45) is 3.93. The first-order valence-electron chi connectivity index (χ1n) is 9.09. The fourth-order valence-electron chi connectivity index (χ4n) is 3.44. The van der Waals surface area contributed by atoms with Gasteiger partial charge in [0.1, 0.15) is 0 Å². The predicted octanol–water partition coefficient (Wildman–Crippen LogP) is 3.57. The van der Waals surface area contributed by atoms with Crippen LogP contribution in [0.4, 0.5) is 0 Å². The standard InChI is InChI=1S/C22H25NOSi.CO2/c1-22(2,3)25(20-12-6-4-7-13-20,21-14-8-5-9-15-21)24-18-19-11-10-16-23-17-19;2-1-3/h4-17H,18H2,1-3H3;. The molecule has 0 N–H and O–H groups in total. The zero-order valence-corrected chi connectivity index (χ0v) is 17.5. The van der Waals surface area contributed by atoms with E-state index in [1.54, 1.807) is 6.20 Å². The van der Waals surface area contributed by atoms with Gasteiger partial charge in [-0.3, -0.25) is 4.98 Å². The van der Waals surface area contributed by atoms with Crippen molar-refractivity contribution in [2.45, 2.75) is 32.4 Å². The molecule has 0 saturated carbocycles. The van der Waals surface area contributed by atoms with Crippen LogP contribution in [0.1, 0.15) is 26.3 Å². The molecular formula is C23H25NO3Si. The normalized spacial score (nSPS) is 11.1. The van der Waals surface area contributed by atoms with Gasteiger partial charge in [0.15, 0.2) is 0 Å². The van der Waals surface area contributed by atoms with Crippen molar-refractivity contribution in [2.75, 3.05) is 0 Å². The van der Waals surface area contributed by atoms with Crippen LogP contribution in [0.5, 0.6) is 0 Å². The Morgan fingerprint density at radius 1 is 0.857 bits per heavy atom. The zero-order valence-electron chi connectivity index (χ0n) is 16.5. The molecule has 0 bridgehead atoms. The average molecular weight is 392 g/mol. The molecule has 3 rings (SSSR count). The highest BCUT2D eigenvalue weighted by Crippen LogP contribution is 2.37. The Balaban J connectivity index is 0.000000878. The summed E-state index contributed by atoms with van der Waals surface area (Å²) < 4.78 is 6.85. The van der Waals surface area contributed by atoms with E-state index in [4.69, 9.17) is 14.0 Å². The van der Waals surface area contributed by atoms with Crippen LogP contribution < -0.4 is 10.4 Å². The number of pyridine rings is 1. The first-order valence-corrected chi connectivity index (χ1v) is 11.0. The second-order valence-corrected chi connectivity index (χ2v) is 11.7.